The summed E-state index contributed by atoms with van der Waals surface area (Å²) in [6.45, 7) is 1.93. The SMILES string of the molecule is CC(c1cccc(Cl)c1)N(C)C(=O)c1cn[nH]n1. The first kappa shape index (κ1) is 12.6. The maximum Gasteiger partial charge on any atom is 0.276 e. The zero-order valence-corrected chi connectivity index (χ0v) is 10.8. The van der Waals surface area contributed by atoms with Gasteiger partial charge in [-0.3, -0.25) is 4.79 Å². The van der Waals surface area contributed by atoms with E-state index in [2.05, 4.69) is 15.4 Å². The topological polar surface area (TPSA) is 61.9 Å². The molecule has 2 rings (SSSR count). The van der Waals surface area contributed by atoms with Crippen molar-refractivity contribution in [3.63, 3.8) is 0 Å². The van der Waals surface area contributed by atoms with E-state index in [0.29, 0.717) is 10.7 Å². The summed E-state index contributed by atoms with van der Waals surface area (Å²) in [5.41, 5.74) is 1.27. The Morgan fingerprint density at radius 3 is 2.89 bits per heavy atom. The number of benzene rings is 1. The van der Waals surface area contributed by atoms with Gasteiger partial charge in [0.2, 0.25) is 0 Å². The number of amides is 1. The minimum Gasteiger partial charge on any atom is -0.334 e. The average Bonchev–Trinajstić information content (AvgIpc) is 2.90. The number of hydrogen-bond acceptors (Lipinski definition) is 3. The molecular weight excluding hydrogens is 252 g/mol. The number of aromatic amines is 1. The third-order valence-electron chi connectivity index (χ3n) is 2.87. The molecule has 0 aliphatic rings. The van der Waals surface area contributed by atoms with Crippen LogP contribution in [0.1, 0.15) is 29.0 Å². The molecule has 1 heterocycles. The highest BCUT2D eigenvalue weighted by atomic mass is 35.5. The van der Waals surface area contributed by atoms with Crippen molar-refractivity contribution in [2.75, 3.05) is 7.05 Å². The Morgan fingerprint density at radius 2 is 2.28 bits per heavy atom. The molecule has 1 aromatic carbocycles. The summed E-state index contributed by atoms with van der Waals surface area (Å²) in [5.74, 6) is -0.184. The average molecular weight is 265 g/mol. The van der Waals surface area contributed by atoms with Gasteiger partial charge in [-0.15, -0.1) is 0 Å². The number of nitrogens with one attached hydrogen (secondary N) is 1. The monoisotopic (exact) mass is 264 g/mol. The van der Waals surface area contributed by atoms with Gasteiger partial charge in [0.25, 0.3) is 5.91 Å². The lowest BCUT2D eigenvalue weighted by atomic mass is 10.1. The first-order valence-corrected chi connectivity index (χ1v) is 5.86. The zero-order valence-electron chi connectivity index (χ0n) is 10.1. The van der Waals surface area contributed by atoms with Gasteiger partial charge in [0.15, 0.2) is 5.69 Å². The number of carbonyl (C=O) groups is 1. The van der Waals surface area contributed by atoms with Gasteiger partial charge in [-0.2, -0.15) is 15.4 Å². The Labute approximate surface area is 110 Å². The molecule has 1 unspecified atom stereocenters. The van der Waals surface area contributed by atoms with Crippen LogP contribution < -0.4 is 0 Å². The second-order valence-electron chi connectivity index (χ2n) is 4.00. The summed E-state index contributed by atoms with van der Waals surface area (Å²) in [5, 5.41) is 10.5. The van der Waals surface area contributed by atoms with Gasteiger partial charge in [-0.1, -0.05) is 23.7 Å². The minimum atomic E-state index is -0.184. The molecule has 0 saturated carbocycles. The van der Waals surface area contributed by atoms with Crippen LogP contribution in [0.2, 0.25) is 5.02 Å². The summed E-state index contributed by atoms with van der Waals surface area (Å²) in [4.78, 5) is 13.7. The van der Waals surface area contributed by atoms with Crippen molar-refractivity contribution in [3.8, 4) is 0 Å². The van der Waals surface area contributed by atoms with Crippen LogP contribution in [-0.4, -0.2) is 33.3 Å². The van der Waals surface area contributed by atoms with E-state index < -0.39 is 0 Å². The van der Waals surface area contributed by atoms with Crippen LogP contribution in [0.15, 0.2) is 30.5 Å². The maximum atomic E-state index is 12.1. The van der Waals surface area contributed by atoms with Crippen LogP contribution in [0, 0.1) is 0 Å². The number of H-pyrrole nitrogens is 1. The lowest BCUT2D eigenvalue weighted by Crippen LogP contribution is -2.29. The van der Waals surface area contributed by atoms with E-state index in [1.54, 1.807) is 18.0 Å². The molecule has 0 aliphatic heterocycles. The van der Waals surface area contributed by atoms with Crippen LogP contribution in [0.5, 0.6) is 0 Å². The molecule has 1 N–H and O–H groups in total. The molecule has 94 valence electrons. The van der Waals surface area contributed by atoms with Crippen molar-refractivity contribution >= 4 is 17.5 Å². The van der Waals surface area contributed by atoms with Crippen LogP contribution in [0.25, 0.3) is 0 Å². The summed E-state index contributed by atoms with van der Waals surface area (Å²) >= 11 is 5.94. The molecule has 0 fully saturated rings. The summed E-state index contributed by atoms with van der Waals surface area (Å²) in [7, 11) is 1.72. The molecule has 1 amide bonds. The van der Waals surface area contributed by atoms with Gasteiger partial charge >= 0.3 is 0 Å². The van der Waals surface area contributed by atoms with E-state index >= 15 is 0 Å². The fourth-order valence-corrected chi connectivity index (χ4v) is 1.85. The molecule has 0 spiro atoms. The Balaban J connectivity index is 2.18. The second kappa shape index (κ2) is 5.18. The fraction of sp³-hybridized carbons (Fsp3) is 0.250. The van der Waals surface area contributed by atoms with Crippen molar-refractivity contribution in [2.45, 2.75) is 13.0 Å². The quantitative estimate of drug-likeness (QED) is 0.925. The number of hydrogen-bond donors (Lipinski definition) is 1. The molecule has 0 bridgehead atoms. The molecular formula is C12H13ClN4O. The molecule has 18 heavy (non-hydrogen) atoms. The third kappa shape index (κ3) is 2.51. The fourth-order valence-electron chi connectivity index (χ4n) is 1.65. The van der Waals surface area contributed by atoms with Gasteiger partial charge in [0, 0.05) is 12.1 Å². The standard InChI is InChI=1S/C12H13ClN4O/c1-8(9-4-3-5-10(13)6-9)17(2)12(18)11-7-14-16-15-11/h3-8H,1-2H3,(H,14,15,16). The normalized spacial score (nSPS) is 12.2. The molecule has 1 aromatic heterocycles. The maximum absolute atomic E-state index is 12.1. The van der Waals surface area contributed by atoms with Gasteiger partial charge < -0.3 is 4.90 Å². The van der Waals surface area contributed by atoms with Crippen molar-refractivity contribution < 1.29 is 4.79 Å². The number of carbonyl (C=O) groups excluding carboxylic acids is 1. The number of halogens is 1. The van der Waals surface area contributed by atoms with Crippen LogP contribution in [0.3, 0.4) is 0 Å². The molecule has 5 nitrogen and oxygen atoms in total. The van der Waals surface area contributed by atoms with E-state index in [0.717, 1.165) is 5.56 Å². The van der Waals surface area contributed by atoms with Gasteiger partial charge in [-0.25, -0.2) is 0 Å². The lowest BCUT2D eigenvalue weighted by Gasteiger charge is -2.24. The summed E-state index contributed by atoms with van der Waals surface area (Å²) < 4.78 is 0. The van der Waals surface area contributed by atoms with Crippen LogP contribution in [-0.2, 0) is 0 Å². The van der Waals surface area contributed by atoms with E-state index in [1.807, 2.05) is 25.1 Å². The van der Waals surface area contributed by atoms with Crippen LogP contribution >= 0.6 is 11.6 Å². The van der Waals surface area contributed by atoms with Crippen molar-refractivity contribution in [3.05, 3.63) is 46.7 Å². The number of aromatic nitrogens is 3. The predicted molar refractivity (Wildman–Crippen MR) is 68.3 cm³/mol. The second-order valence-corrected chi connectivity index (χ2v) is 4.44. The third-order valence-corrected chi connectivity index (χ3v) is 3.10. The van der Waals surface area contributed by atoms with E-state index in [1.165, 1.54) is 6.20 Å². The van der Waals surface area contributed by atoms with Gasteiger partial charge in [0.05, 0.1) is 12.2 Å². The Morgan fingerprint density at radius 1 is 1.50 bits per heavy atom. The van der Waals surface area contributed by atoms with E-state index in [-0.39, 0.29) is 11.9 Å². The summed E-state index contributed by atoms with van der Waals surface area (Å²) in [6.07, 6.45) is 1.41. The Bertz CT molecular complexity index is 541. The van der Waals surface area contributed by atoms with Crippen LogP contribution in [0.4, 0.5) is 0 Å². The smallest absolute Gasteiger partial charge is 0.276 e. The molecule has 6 heteroatoms. The first-order chi connectivity index (χ1) is 8.59. The van der Waals surface area contributed by atoms with E-state index in [4.69, 9.17) is 11.6 Å². The van der Waals surface area contributed by atoms with Gasteiger partial charge in [-0.05, 0) is 24.6 Å². The minimum absolute atomic E-state index is 0.0899. The zero-order chi connectivity index (χ0) is 13.1. The van der Waals surface area contributed by atoms with E-state index in [9.17, 15) is 4.79 Å². The highest BCUT2D eigenvalue weighted by Gasteiger charge is 2.20. The molecule has 0 saturated heterocycles. The lowest BCUT2D eigenvalue weighted by molar-refractivity contribution is 0.0736. The Kier molecular flexibility index (Phi) is 3.62. The molecule has 1 atom stereocenters. The number of rotatable bonds is 3. The van der Waals surface area contributed by atoms with Crippen molar-refractivity contribution in [1.29, 1.82) is 0 Å². The number of nitrogens with zero attached hydrogens (tertiary/aromatic N) is 3. The molecule has 2 aromatic rings. The van der Waals surface area contributed by atoms with Gasteiger partial charge in [0.1, 0.15) is 0 Å². The summed E-state index contributed by atoms with van der Waals surface area (Å²) in [6, 6.07) is 7.36. The van der Waals surface area contributed by atoms with Crippen molar-refractivity contribution in [2.24, 2.45) is 0 Å². The van der Waals surface area contributed by atoms with Crippen molar-refractivity contribution in [1.82, 2.24) is 20.3 Å². The Hall–Kier alpha value is -1.88. The predicted octanol–water partition coefficient (Wildman–Crippen LogP) is 2.29. The largest absolute Gasteiger partial charge is 0.334 e. The first-order valence-electron chi connectivity index (χ1n) is 5.48. The molecule has 0 radical (unpaired) electrons. The molecule has 0 aliphatic carbocycles. The highest BCUT2D eigenvalue weighted by molar-refractivity contribution is 6.30. The highest BCUT2D eigenvalue weighted by Crippen LogP contribution is 2.22.